The van der Waals surface area contributed by atoms with Crippen molar-refractivity contribution in [2.75, 3.05) is 13.1 Å². The minimum absolute atomic E-state index is 0.0305. The van der Waals surface area contributed by atoms with Gasteiger partial charge in [-0.2, -0.15) is 0 Å². The second-order valence-electron chi connectivity index (χ2n) is 6.24. The molecule has 1 fully saturated rings. The molecule has 19 heavy (non-hydrogen) atoms. The zero-order valence-corrected chi connectivity index (χ0v) is 12.1. The minimum atomic E-state index is -0.385. The summed E-state index contributed by atoms with van der Waals surface area (Å²) in [5.41, 5.74) is 0.913. The lowest BCUT2D eigenvalue weighted by Gasteiger charge is -2.22. The highest BCUT2D eigenvalue weighted by molar-refractivity contribution is 5.73. The predicted molar refractivity (Wildman–Crippen MR) is 75.7 cm³/mol. The maximum absolute atomic E-state index is 12.0. The first-order chi connectivity index (χ1) is 8.94. The number of ether oxygens (including phenoxy) is 1. The third-order valence-corrected chi connectivity index (χ3v) is 3.26. The van der Waals surface area contributed by atoms with Gasteiger partial charge in [0.15, 0.2) is 0 Å². The van der Waals surface area contributed by atoms with Crippen molar-refractivity contribution in [1.29, 1.82) is 0 Å². The number of likely N-dealkylation sites (tertiary alicyclic amines) is 1. The standard InChI is InChI=1S/C16H23NO2/c1-16(2,3)19-15(18)14-9-10-17(12-14)11-13-7-5-4-6-8-13/h4-8,14H,9-12H2,1-3H3. The Labute approximate surface area is 115 Å². The van der Waals surface area contributed by atoms with Gasteiger partial charge in [-0.1, -0.05) is 30.3 Å². The largest absolute Gasteiger partial charge is 0.460 e. The van der Waals surface area contributed by atoms with Crippen molar-refractivity contribution in [3.63, 3.8) is 0 Å². The smallest absolute Gasteiger partial charge is 0.310 e. The topological polar surface area (TPSA) is 29.5 Å². The molecule has 104 valence electrons. The highest BCUT2D eigenvalue weighted by atomic mass is 16.6. The van der Waals surface area contributed by atoms with Crippen molar-refractivity contribution >= 4 is 5.97 Å². The van der Waals surface area contributed by atoms with E-state index >= 15 is 0 Å². The Morgan fingerprint density at radius 1 is 1.32 bits per heavy atom. The minimum Gasteiger partial charge on any atom is -0.460 e. The van der Waals surface area contributed by atoms with E-state index in [1.54, 1.807) is 0 Å². The maximum Gasteiger partial charge on any atom is 0.310 e. The molecular formula is C16H23NO2. The molecule has 2 rings (SSSR count). The molecule has 0 aliphatic carbocycles. The van der Waals surface area contributed by atoms with Crippen LogP contribution in [0.25, 0.3) is 0 Å². The lowest BCUT2D eigenvalue weighted by Crippen LogP contribution is -2.30. The first-order valence-corrected chi connectivity index (χ1v) is 6.93. The van der Waals surface area contributed by atoms with Crippen LogP contribution in [-0.4, -0.2) is 29.6 Å². The van der Waals surface area contributed by atoms with E-state index in [4.69, 9.17) is 4.74 Å². The summed E-state index contributed by atoms with van der Waals surface area (Å²) in [6, 6.07) is 10.4. The zero-order valence-electron chi connectivity index (χ0n) is 12.1. The van der Waals surface area contributed by atoms with E-state index in [2.05, 4.69) is 29.2 Å². The summed E-state index contributed by atoms with van der Waals surface area (Å²) in [4.78, 5) is 14.3. The number of hydrogen-bond donors (Lipinski definition) is 0. The molecule has 3 nitrogen and oxygen atoms in total. The van der Waals surface area contributed by atoms with Gasteiger partial charge in [-0.3, -0.25) is 9.69 Å². The molecule has 0 radical (unpaired) electrons. The van der Waals surface area contributed by atoms with E-state index in [-0.39, 0.29) is 17.5 Å². The Kier molecular flexibility index (Phi) is 4.25. The van der Waals surface area contributed by atoms with Crippen LogP contribution in [0.1, 0.15) is 32.8 Å². The van der Waals surface area contributed by atoms with Gasteiger partial charge in [0.2, 0.25) is 0 Å². The van der Waals surface area contributed by atoms with Gasteiger partial charge >= 0.3 is 5.97 Å². The Bertz CT molecular complexity index is 422. The molecule has 1 aliphatic heterocycles. The number of nitrogens with zero attached hydrogens (tertiary/aromatic N) is 1. The molecule has 1 heterocycles. The highest BCUT2D eigenvalue weighted by Gasteiger charge is 2.31. The monoisotopic (exact) mass is 261 g/mol. The van der Waals surface area contributed by atoms with E-state index < -0.39 is 0 Å². The SMILES string of the molecule is CC(C)(C)OC(=O)C1CCN(Cc2ccccc2)C1. The summed E-state index contributed by atoms with van der Waals surface area (Å²) >= 11 is 0. The van der Waals surface area contributed by atoms with Gasteiger partial charge in [0, 0.05) is 13.1 Å². The van der Waals surface area contributed by atoms with E-state index in [0.717, 1.165) is 26.1 Å². The lowest BCUT2D eigenvalue weighted by atomic mass is 10.1. The number of rotatable bonds is 3. The van der Waals surface area contributed by atoms with E-state index in [0.29, 0.717) is 0 Å². The van der Waals surface area contributed by atoms with Gasteiger partial charge in [-0.05, 0) is 39.3 Å². The van der Waals surface area contributed by atoms with Gasteiger partial charge in [0.25, 0.3) is 0 Å². The van der Waals surface area contributed by atoms with Crippen molar-refractivity contribution in [3.05, 3.63) is 35.9 Å². The van der Waals surface area contributed by atoms with Crippen LogP contribution in [0.3, 0.4) is 0 Å². The average molecular weight is 261 g/mol. The molecule has 1 saturated heterocycles. The summed E-state index contributed by atoms with van der Waals surface area (Å²) in [5.74, 6) is -0.0222. The van der Waals surface area contributed by atoms with Gasteiger partial charge in [0.05, 0.1) is 5.92 Å². The molecule has 1 unspecified atom stereocenters. The van der Waals surface area contributed by atoms with Crippen molar-refractivity contribution < 1.29 is 9.53 Å². The van der Waals surface area contributed by atoms with Gasteiger partial charge in [-0.25, -0.2) is 0 Å². The average Bonchev–Trinajstić information content (AvgIpc) is 2.77. The van der Waals surface area contributed by atoms with Crippen LogP contribution in [0, 0.1) is 5.92 Å². The number of hydrogen-bond acceptors (Lipinski definition) is 3. The van der Waals surface area contributed by atoms with E-state index in [1.807, 2.05) is 26.8 Å². The Morgan fingerprint density at radius 3 is 2.63 bits per heavy atom. The molecule has 1 aliphatic rings. The Hall–Kier alpha value is -1.35. The molecule has 3 heteroatoms. The molecule has 0 bridgehead atoms. The molecule has 1 atom stereocenters. The Balaban J connectivity index is 1.85. The molecular weight excluding hydrogens is 238 g/mol. The van der Waals surface area contributed by atoms with Crippen molar-refractivity contribution in [1.82, 2.24) is 4.90 Å². The number of carbonyl (C=O) groups is 1. The van der Waals surface area contributed by atoms with E-state index in [9.17, 15) is 4.79 Å². The van der Waals surface area contributed by atoms with E-state index in [1.165, 1.54) is 5.56 Å². The summed E-state index contributed by atoms with van der Waals surface area (Å²) in [6.07, 6.45) is 0.905. The number of esters is 1. The van der Waals surface area contributed by atoms with Crippen molar-refractivity contribution in [2.45, 2.75) is 39.3 Å². The fraction of sp³-hybridized carbons (Fsp3) is 0.562. The second kappa shape index (κ2) is 5.74. The molecule has 1 aromatic rings. The summed E-state index contributed by atoms with van der Waals surface area (Å²) in [7, 11) is 0. The van der Waals surface area contributed by atoms with Crippen molar-refractivity contribution in [3.8, 4) is 0 Å². The first-order valence-electron chi connectivity index (χ1n) is 6.93. The zero-order chi connectivity index (χ0) is 13.9. The normalized spacial score (nSPS) is 20.5. The summed E-state index contributed by atoms with van der Waals surface area (Å²) in [5, 5.41) is 0. The van der Waals surface area contributed by atoms with Crippen LogP contribution in [0.4, 0.5) is 0 Å². The summed E-state index contributed by atoms with van der Waals surface area (Å²) < 4.78 is 5.45. The van der Waals surface area contributed by atoms with Crippen LogP contribution in [0.2, 0.25) is 0 Å². The van der Waals surface area contributed by atoms with Gasteiger partial charge < -0.3 is 4.74 Å². The lowest BCUT2D eigenvalue weighted by molar-refractivity contribution is -0.159. The fourth-order valence-electron chi connectivity index (χ4n) is 2.40. The number of carbonyl (C=O) groups excluding carboxylic acids is 1. The Morgan fingerprint density at radius 2 is 2.00 bits per heavy atom. The fourth-order valence-corrected chi connectivity index (χ4v) is 2.40. The van der Waals surface area contributed by atoms with Crippen LogP contribution in [0.5, 0.6) is 0 Å². The number of benzene rings is 1. The van der Waals surface area contributed by atoms with Crippen molar-refractivity contribution in [2.24, 2.45) is 5.92 Å². The first kappa shape index (κ1) is 14.1. The van der Waals surface area contributed by atoms with Crippen LogP contribution < -0.4 is 0 Å². The predicted octanol–water partition coefficient (Wildman–Crippen LogP) is 2.85. The molecule has 0 saturated carbocycles. The third kappa shape index (κ3) is 4.35. The molecule has 0 spiro atoms. The molecule has 0 aromatic heterocycles. The van der Waals surface area contributed by atoms with Crippen LogP contribution in [0.15, 0.2) is 30.3 Å². The maximum atomic E-state index is 12.0. The van der Waals surface area contributed by atoms with Gasteiger partial charge in [-0.15, -0.1) is 0 Å². The third-order valence-electron chi connectivity index (χ3n) is 3.26. The quantitative estimate of drug-likeness (QED) is 0.784. The van der Waals surface area contributed by atoms with Gasteiger partial charge in [0.1, 0.15) is 5.60 Å². The van der Waals surface area contributed by atoms with Crippen LogP contribution >= 0.6 is 0 Å². The molecule has 0 N–H and O–H groups in total. The highest BCUT2D eigenvalue weighted by Crippen LogP contribution is 2.22. The second-order valence-corrected chi connectivity index (χ2v) is 6.24. The molecule has 0 amide bonds. The molecule has 1 aromatic carbocycles. The summed E-state index contributed by atoms with van der Waals surface area (Å²) in [6.45, 7) is 8.45. The van der Waals surface area contributed by atoms with Crippen LogP contribution in [-0.2, 0) is 16.1 Å².